The first-order chi connectivity index (χ1) is 9.83. The Morgan fingerprint density at radius 3 is 2.65 bits per heavy atom. The van der Waals surface area contributed by atoms with Crippen LogP contribution in [0.5, 0.6) is 6.01 Å². The third-order valence-electron chi connectivity index (χ3n) is 2.97. The largest absolute Gasteiger partial charge is 0.463 e. The zero-order valence-corrected chi connectivity index (χ0v) is 12.4. The minimum atomic E-state index is 0.411. The van der Waals surface area contributed by atoms with Gasteiger partial charge in [0, 0.05) is 32.7 Å². The van der Waals surface area contributed by atoms with E-state index in [1.807, 2.05) is 0 Å². The Labute approximate surface area is 120 Å². The first-order valence-corrected chi connectivity index (χ1v) is 7.42. The molecule has 2 rings (SSSR count). The number of hydrogen-bond donors (Lipinski definition) is 2. The summed E-state index contributed by atoms with van der Waals surface area (Å²) in [6, 6.07) is 0.411. The molecule has 1 aliphatic rings. The lowest BCUT2D eigenvalue weighted by Gasteiger charge is -2.27. The number of rotatable bonds is 7. The summed E-state index contributed by atoms with van der Waals surface area (Å²) in [5.41, 5.74) is 0. The highest BCUT2D eigenvalue weighted by molar-refractivity contribution is 5.38. The molecule has 1 aromatic heterocycles. The molecular weight excluding hydrogens is 256 g/mol. The van der Waals surface area contributed by atoms with E-state index < -0.39 is 0 Å². The van der Waals surface area contributed by atoms with Crippen molar-refractivity contribution >= 4 is 11.9 Å². The highest BCUT2D eigenvalue weighted by Crippen LogP contribution is 2.15. The van der Waals surface area contributed by atoms with Gasteiger partial charge in [0.2, 0.25) is 11.9 Å². The maximum atomic E-state index is 5.56. The topological polar surface area (TPSA) is 75.2 Å². The van der Waals surface area contributed by atoms with Crippen molar-refractivity contribution in [3.05, 3.63) is 0 Å². The zero-order valence-electron chi connectivity index (χ0n) is 12.4. The number of nitrogens with one attached hydrogen (secondary N) is 2. The van der Waals surface area contributed by atoms with Gasteiger partial charge in [-0.05, 0) is 12.8 Å². The number of piperazine rings is 1. The molecule has 2 N–H and O–H groups in total. The van der Waals surface area contributed by atoms with Gasteiger partial charge >= 0.3 is 6.01 Å². The van der Waals surface area contributed by atoms with Crippen LogP contribution in [0.2, 0.25) is 0 Å². The average Bonchev–Trinajstić information content (AvgIpc) is 2.51. The van der Waals surface area contributed by atoms with Crippen molar-refractivity contribution in [1.82, 2.24) is 20.3 Å². The normalized spacial score (nSPS) is 15.2. The van der Waals surface area contributed by atoms with Gasteiger partial charge in [-0.25, -0.2) is 0 Å². The lowest BCUT2D eigenvalue weighted by molar-refractivity contribution is 0.291. The van der Waals surface area contributed by atoms with Crippen LogP contribution < -0.4 is 20.3 Å². The fourth-order valence-electron chi connectivity index (χ4n) is 1.93. The van der Waals surface area contributed by atoms with E-state index in [2.05, 4.69) is 44.3 Å². The summed E-state index contributed by atoms with van der Waals surface area (Å²) < 4.78 is 5.56. The number of hydrogen-bond acceptors (Lipinski definition) is 7. The van der Waals surface area contributed by atoms with Crippen molar-refractivity contribution in [3.8, 4) is 6.01 Å². The Morgan fingerprint density at radius 1 is 1.15 bits per heavy atom. The summed E-state index contributed by atoms with van der Waals surface area (Å²) in [4.78, 5) is 15.4. The second kappa shape index (κ2) is 7.84. The van der Waals surface area contributed by atoms with Crippen LogP contribution in [-0.2, 0) is 0 Å². The van der Waals surface area contributed by atoms with Crippen LogP contribution in [0.25, 0.3) is 0 Å². The fourth-order valence-corrected chi connectivity index (χ4v) is 1.93. The molecular formula is C13H24N6O. The Balaban J connectivity index is 2.14. The van der Waals surface area contributed by atoms with Crippen molar-refractivity contribution in [2.24, 2.45) is 0 Å². The van der Waals surface area contributed by atoms with Gasteiger partial charge in [-0.2, -0.15) is 15.0 Å². The van der Waals surface area contributed by atoms with Crippen LogP contribution in [-0.4, -0.2) is 54.3 Å². The van der Waals surface area contributed by atoms with Crippen LogP contribution in [0.15, 0.2) is 0 Å². The van der Waals surface area contributed by atoms with E-state index in [-0.39, 0.29) is 0 Å². The molecule has 1 saturated heterocycles. The molecule has 0 unspecified atom stereocenters. The second-order valence-corrected chi connectivity index (χ2v) is 4.75. The van der Waals surface area contributed by atoms with E-state index in [1.165, 1.54) is 0 Å². The van der Waals surface area contributed by atoms with E-state index in [1.54, 1.807) is 0 Å². The Kier molecular flexibility index (Phi) is 5.79. The lowest BCUT2D eigenvalue weighted by Crippen LogP contribution is -2.44. The minimum absolute atomic E-state index is 0.411. The van der Waals surface area contributed by atoms with Crippen LogP contribution in [0, 0.1) is 0 Å². The van der Waals surface area contributed by atoms with Gasteiger partial charge in [-0.15, -0.1) is 0 Å². The van der Waals surface area contributed by atoms with Gasteiger partial charge in [-0.1, -0.05) is 13.8 Å². The predicted octanol–water partition coefficient (Wildman–Crippen LogP) is 0.892. The summed E-state index contributed by atoms with van der Waals surface area (Å²) in [6.07, 6.45) is 1.96. The SMILES string of the molecule is CCCNc1nc(OCCC)nc(N2CCNCC2)n1. The van der Waals surface area contributed by atoms with Crippen LogP contribution in [0.3, 0.4) is 0 Å². The molecule has 0 spiro atoms. The summed E-state index contributed by atoms with van der Waals surface area (Å²) in [6.45, 7) is 9.36. The Morgan fingerprint density at radius 2 is 1.95 bits per heavy atom. The minimum Gasteiger partial charge on any atom is -0.463 e. The molecule has 0 atom stereocenters. The van der Waals surface area contributed by atoms with Crippen molar-refractivity contribution < 1.29 is 4.74 Å². The van der Waals surface area contributed by atoms with Crippen LogP contribution >= 0.6 is 0 Å². The summed E-state index contributed by atoms with van der Waals surface area (Å²) in [5, 5.41) is 6.53. The molecule has 0 aromatic carbocycles. The Hall–Kier alpha value is -1.63. The average molecular weight is 280 g/mol. The van der Waals surface area contributed by atoms with E-state index in [9.17, 15) is 0 Å². The molecule has 7 heteroatoms. The van der Waals surface area contributed by atoms with Crippen molar-refractivity contribution in [3.63, 3.8) is 0 Å². The molecule has 0 radical (unpaired) electrons. The molecule has 7 nitrogen and oxygen atoms in total. The van der Waals surface area contributed by atoms with Gasteiger partial charge in [0.25, 0.3) is 0 Å². The molecule has 0 saturated carbocycles. The molecule has 1 aromatic rings. The molecule has 1 aliphatic heterocycles. The van der Waals surface area contributed by atoms with Crippen molar-refractivity contribution in [1.29, 1.82) is 0 Å². The van der Waals surface area contributed by atoms with Gasteiger partial charge in [0.1, 0.15) is 0 Å². The number of ether oxygens (including phenoxy) is 1. The molecule has 1 fully saturated rings. The third-order valence-corrected chi connectivity index (χ3v) is 2.97. The van der Waals surface area contributed by atoms with Gasteiger partial charge in [0.15, 0.2) is 0 Å². The lowest BCUT2D eigenvalue weighted by atomic mass is 10.4. The van der Waals surface area contributed by atoms with E-state index >= 15 is 0 Å². The second-order valence-electron chi connectivity index (χ2n) is 4.75. The van der Waals surface area contributed by atoms with Crippen molar-refractivity contribution in [2.45, 2.75) is 26.7 Å². The van der Waals surface area contributed by atoms with Gasteiger partial charge in [0.05, 0.1) is 6.61 Å². The molecule has 0 bridgehead atoms. The van der Waals surface area contributed by atoms with Gasteiger partial charge in [-0.3, -0.25) is 0 Å². The van der Waals surface area contributed by atoms with Crippen LogP contribution in [0.4, 0.5) is 11.9 Å². The van der Waals surface area contributed by atoms with E-state index in [4.69, 9.17) is 4.74 Å². The summed E-state index contributed by atoms with van der Waals surface area (Å²) in [5.74, 6) is 1.30. The third kappa shape index (κ3) is 4.19. The molecule has 112 valence electrons. The number of aromatic nitrogens is 3. The maximum Gasteiger partial charge on any atom is 0.323 e. The Bertz CT molecular complexity index is 382. The monoisotopic (exact) mass is 280 g/mol. The number of anilines is 2. The first kappa shape index (κ1) is 14.8. The quantitative estimate of drug-likeness (QED) is 0.768. The fraction of sp³-hybridized carbons (Fsp3) is 0.769. The highest BCUT2D eigenvalue weighted by atomic mass is 16.5. The van der Waals surface area contributed by atoms with Crippen LogP contribution in [0.1, 0.15) is 26.7 Å². The van der Waals surface area contributed by atoms with Crippen molar-refractivity contribution in [2.75, 3.05) is 49.5 Å². The molecule has 0 aliphatic carbocycles. The number of nitrogens with zero attached hydrogens (tertiary/aromatic N) is 4. The smallest absolute Gasteiger partial charge is 0.323 e. The molecule has 2 heterocycles. The maximum absolute atomic E-state index is 5.56. The zero-order chi connectivity index (χ0) is 14.2. The summed E-state index contributed by atoms with van der Waals surface area (Å²) >= 11 is 0. The molecule has 0 amide bonds. The highest BCUT2D eigenvalue weighted by Gasteiger charge is 2.16. The first-order valence-electron chi connectivity index (χ1n) is 7.42. The predicted molar refractivity (Wildman–Crippen MR) is 79.5 cm³/mol. The standard InChI is InChI=1S/C13H24N6O/c1-3-5-15-11-16-12(19-8-6-14-7-9-19)18-13(17-11)20-10-4-2/h14H,3-10H2,1-2H3,(H,15,16,17,18). The van der Waals surface area contributed by atoms with Gasteiger partial charge < -0.3 is 20.3 Å². The molecule has 20 heavy (non-hydrogen) atoms. The summed E-state index contributed by atoms with van der Waals surface area (Å²) in [7, 11) is 0. The van der Waals surface area contributed by atoms with E-state index in [0.717, 1.165) is 45.6 Å². The van der Waals surface area contributed by atoms with E-state index in [0.29, 0.717) is 24.5 Å².